The van der Waals surface area contributed by atoms with Gasteiger partial charge in [0.2, 0.25) is 5.91 Å². The van der Waals surface area contributed by atoms with Crippen molar-refractivity contribution in [3.63, 3.8) is 0 Å². The highest BCUT2D eigenvalue weighted by atomic mass is 32.1. The van der Waals surface area contributed by atoms with Crippen LogP contribution in [0.3, 0.4) is 0 Å². The lowest BCUT2D eigenvalue weighted by molar-refractivity contribution is -0.120. The van der Waals surface area contributed by atoms with Gasteiger partial charge in [-0.2, -0.15) is 0 Å². The third-order valence-corrected chi connectivity index (χ3v) is 3.17. The Hall–Kier alpha value is -0.940. The summed E-state index contributed by atoms with van der Waals surface area (Å²) in [4.78, 5) is 15.8. The second kappa shape index (κ2) is 6.60. The summed E-state index contributed by atoms with van der Waals surface area (Å²) in [7, 11) is 0. The molecule has 1 amide bonds. The largest absolute Gasteiger partial charge is 0.393 e. The first-order valence-electron chi connectivity index (χ1n) is 5.49. The molecule has 0 fully saturated rings. The lowest BCUT2D eigenvalue weighted by Crippen LogP contribution is -2.28. The van der Waals surface area contributed by atoms with E-state index in [2.05, 4.69) is 10.3 Å². The van der Waals surface area contributed by atoms with E-state index in [-0.39, 0.29) is 12.0 Å². The summed E-state index contributed by atoms with van der Waals surface area (Å²) in [6, 6.07) is 0. The van der Waals surface area contributed by atoms with Gasteiger partial charge in [-0.15, -0.1) is 11.3 Å². The number of aliphatic hydroxyl groups is 1. The molecule has 1 heterocycles. The number of nitrogens with zero attached hydrogens (tertiary/aromatic N) is 1. The number of hydrogen-bond donors (Lipinski definition) is 2. The van der Waals surface area contributed by atoms with Crippen molar-refractivity contribution in [3.8, 4) is 0 Å². The highest BCUT2D eigenvalue weighted by Crippen LogP contribution is 2.10. The summed E-state index contributed by atoms with van der Waals surface area (Å²) < 4.78 is 0. The second-order valence-corrected chi connectivity index (χ2v) is 4.69. The Balaban J connectivity index is 2.28. The third kappa shape index (κ3) is 4.72. The van der Waals surface area contributed by atoms with Crippen LogP contribution in [0.4, 0.5) is 0 Å². The molecule has 1 aromatic heterocycles. The SMILES string of the molecule is CCc1nc(CC(=O)NCCC(C)O)cs1. The first-order valence-corrected chi connectivity index (χ1v) is 6.37. The fraction of sp³-hybridized carbons (Fsp3) is 0.636. The van der Waals surface area contributed by atoms with E-state index < -0.39 is 0 Å². The van der Waals surface area contributed by atoms with E-state index >= 15 is 0 Å². The summed E-state index contributed by atoms with van der Waals surface area (Å²) in [5.41, 5.74) is 0.830. The fourth-order valence-electron chi connectivity index (χ4n) is 1.24. The topological polar surface area (TPSA) is 62.2 Å². The van der Waals surface area contributed by atoms with Crippen molar-refractivity contribution in [1.82, 2.24) is 10.3 Å². The van der Waals surface area contributed by atoms with Gasteiger partial charge in [0.1, 0.15) is 0 Å². The van der Waals surface area contributed by atoms with Gasteiger partial charge in [-0.1, -0.05) is 6.92 Å². The molecular weight excluding hydrogens is 224 g/mol. The van der Waals surface area contributed by atoms with Crippen molar-refractivity contribution in [2.75, 3.05) is 6.54 Å². The van der Waals surface area contributed by atoms with Crippen molar-refractivity contribution in [1.29, 1.82) is 0 Å². The van der Waals surface area contributed by atoms with Gasteiger partial charge in [0.05, 0.1) is 23.2 Å². The molecule has 1 aromatic rings. The molecule has 0 aliphatic heterocycles. The van der Waals surface area contributed by atoms with Crippen LogP contribution in [0.1, 0.15) is 31.0 Å². The van der Waals surface area contributed by atoms with E-state index in [1.807, 2.05) is 12.3 Å². The number of hydrogen-bond acceptors (Lipinski definition) is 4. The Kier molecular flexibility index (Phi) is 5.42. The standard InChI is InChI=1S/C11H18N2O2S/c1-3-11-13-9(7-16-11)6-10(15)12-5-4-8(2)14/h7-8,14H,3-6H2,1-2H3,(H,12,15). The van der Waals surface area contributed by atoms with E-state index in [9.17, 15) is 4.79 Å². The lowest BCUT2D eigenvalue weighted by atomic mass is 10.2. The maximum absolute atomic E-state index is 11.5. The molecule has 0 aromatic carbocycles. The highest BCUT2D eigenvalue weighted by Gasteiger charge is 2.06. The van der Waals surface area contributed by atoms with Crippen molar-refractivity contribution in [2.24, 2.45) is 0 Å². The monoisotopic (exact) mass is 242 g/mol. The number of aromatic nitrogens is 1. The third-order valence-electron chi connectivity index (χ3n) is 2.13. The van der Waals surface area contributed by atoms with Crippen LogP contribution in [0, 0.1) is 0 Å². The number of rotatable bonds is 6. The maximum Gasteiger partial charge on any atom is 0.226 e. The first kappa shape index (κ1) is 13.1. The van der Waals surface area contributed by atoms with Gasteiger partial charge in [-0.3, -0.25) is 4.79 Å². The molecule has 1 atom stereocenters. The minimum absolute atomic E-state index is 0.0337. The normalized spacial score (nSPS) is 12.4. The number of amides is 1. The number of carbonyl (C=O) groups is 1. The maximum atomic E-state index is 11.5. The van der Waals surface area contributed by atoms with Crippen molar-refractivity contribution in [2.45, 2.75) is 39.2 Å². The van der Waals surface area contributed by atoms with Crippen LogP contribution in [-0.4, -0.2) is 28.6 Å². The molecule has 0 aliphatic rings. The molecule has 90 valence electrons. The molecule has 2 N–H and O–H groups in total. The van der Waals surface area contributed by atoms with Gasteiger partial charge < -0.3 is 10.4 Å². The zero-order valence-electron chi connectivity index (χ0n) is 9.69. The van der Waals surface area contributed by atoms with E-state index in [1.165, 1.54) is 0 Å². The Morgan fingerprint density at radius 2 is 2.44 bits per heavy atom. The molecule has 0 bridgehead atoms. The van der Waals surface area contributed by atoms with Crippen LogP contribution >= 0.6 is 11.3 Å². The van der Waals surface area contributed by atoms with Crippen LogP contribution in [0.5, 0.6) is 0 Å². The zero-order chi connectivity index (χ0) is 12.0. The van der Waals surface area contributed by atoms with Crippen LogP contribution < -0.4 is 5.32 Å². The van der Waals surface area contributed by atoms with E-state index in [0.29, 0.717) is 19.4 Å². The quantitative estimate of drug-likeness (QED) is 0.786. The molecule has 0 spiro atoms. The molecule has 1 unspecified atom stereocenters. The second-order valence-electron chi connectivity index (χ2n) is 3.75. The van der Waals surface area contributed by atoms with Gasteiger partial charge in [-0.25, -0.2) is 4.98 Å². The van der Waals surface area contributed by atoms with Gasteiger partial charge in [0, 0.05) is 11.9 Å². The Morgan fingerprint density at radius 1 is 1.69 bits per heavy atom. The molecular formula is C11H18N2O2S. The Morgan fingerprint density at radius 3 is 3.00 bits per heavy atom. The van der Waals surface area contributed by atoms with E-state index in [0.717, 1.165) is 17.1 Å². The average molecular weight is 242 g/mol. The highest BCUT2D eigenvalue weighted by molar-refractivity contribution is 7.09. The van der Waals surface area contributed by atoms with Gasteiger partial charge in [0.25, 0.3) is 0 Å². The van der Waals surface area contributed by atoms with Crippen molar-refractivity contribution in [3.05, 3.63) is 16.1 Å². The fourth-order valence-corrected chi connectivity index (χ4v) is 1.98. The smallest absolute Gasteiger partial charge is 0.226 e. The molecule has 0 radical (unpaired) electrons. The average Bonchev–Trinajstić information content (AvgIpc) is 2.65. The molecule has 0 saturated carbocycles. The summed E-state index contributed by atoms with van der Waals surface area (Å²) in [6.45, 7) is 4.27. The summed E-state index contributed by atoms with van der Waals surface area (Å²) in [5, 5.41) is 14.8. The van der Waals surface area contributed by atoms with Gasteiger partial charge in [-0.05, 0) is 19.8 Å². The van der Waals surface area contributed by atoms with Crippen LogP contribution in [-0.2, 0) is 17.6 Å². The number of carbonyl (C=O) groups excluding carboxylic acids is 1. The molecule has 5 heteroatoms. The Labute approximate surface area is 99.7 Å². The number of thiazole rings is 1. The number of aliphatic hydroxyl groups excluding tert-OH is 1. The number of nitrogens with one attached hydrogen (secondary N) is 1. The first-order chi connectivity index (χ1) is 7.61. The van der Waals surface area contributed by atoms with Crippen molar-refractivity contribution >= 4 is 17.2 Å². The van der Waals surface area contributed by atoms with Crippen molar-refractivity contribution < 1.29 is 9.90 Å². The molecule has 1 rings (SSSR count). The molecule has 0 aliphatic carbocycles. The Bertz CT molecular complexity index is 336. The van der Waals surface area contributed by atoms with Gasteiger partial charge >= 0.3 is 0 Å². The minimum atomic E-state index is -0.369. The summed E-state index contributed by atoms with van der Waals surface area (Å²) in [5.74, 6) is -0.0337. The lowest BCUT2D eigenvalue weighted by Gasteiger charge is -2.05. The van der Waals surface area contributed by atoms with Crippen LogP contribution in [0.15, 0.2) is 5.38 Å². The molecule has 16 heavy (non-hydrogen) atoms. The molecule has 4 nitrogen and oxygen atoms in total. The molecule has 0 saturated heterocycles. The van der Waals surface area contributed by atoms with Gasteiger partial charge in [0.15, 0.2) is 0 Å². The van der Waals surface area contributed by atoms with Crippen LogP contribution in [0.2, 0.25) is 0 Å². The summed E-state index contributed by atoms with van der Waals surface area (Å²) >= 11 is 1.59. The number of aryl methyl sites for hydroxylation is 1. The predicted octanol–water partition coefficient (Wildman–Crippen LogP) is 1.14. The minimum Gasteiger partial charge on any atom is -0.393 e. The predicted molar refractivity (Wildman–Crippen MR) is 64.5 cm³/mol. The van der Waals surface area contributed by atoms with Crippen LogP contribution in [0.25, 0.3) is 0 Å². The zero-order valence-corrected chi connectivity index (χ0v) is 10.5. The van der Waals surface area contributed by atoms with E-state index in [1.54, 1.807) is 18.3 Å². The summed E-state index contributed by atoms with van der Waals surface area (Å²) in [6.07, 6.45) is 1.46. The van der Waals surface area contributed by atoms with E-state index in [4.69, 9.17) is 5.11 Å².